The molecule has 0 fully saturated rings. The second kappa shape index (κ2) is 6.19. The lowest BCUT2D eigenvalue weighted by Gasteiger charge is -2.26. The first-order valence-electron chi connectivity index (χ1n) is 5.90. The van der Waals surface area contributed by atoms with E-state index in [1.165, 1.54) is 0 Å². The lowest BCUT2D eigenvalue weighted by molar-refractivity contribution is -0.112. The summed E-state index contributed by atoms with van der Waals surface area (Å²) in [4.78, 5) is 21.9. The minimum Gasteiger partial charge on any atom is -0.444 e. The molecule has 1 aromatic carbocycles. The predicted molar refractivity (Wildman–Crippen MR) is 69.1 cm³/mol. The van der Waals surface area contributed by atoms with Crippen LogP contribution < -0.4 is 5.73 Å². The van der Waals surface area contributed by atoms with Crippen LogP contribution in [0.4, 0.5) is 4.79 Å². The molecule has 0 aliphatic rings. The number of amides is 1. The third-order valence-corrected chi connectivity index (χ3v) is 2.66. The lowest BCUT2D eigenvalue weighted by atomic mass is 9.89. The summed E-state index contributed by atoms with van der Waals surface area (Å²) >= 11 is 0. The maximum Gasteiger partial charge on any atom is 0.405 e. The first-order valence-corrected chi connectivity index (χ1v) is 5.90. The van der Waals surface area contributed by atoms with E-state index in [0.717, 1.165) is 11.8 Å². The fourth-order valence-electron chi connectivity index (χ4n) is 2.03. The van der Waals surface area contributed by atoms with Crippen molar-refractivity contribution in [3.05, 3.63) is 35.9 Å². The van der Waals surface area contributed by atoms with Crippen molar-refractivity contribution in [2.24, 2.45) is 11.7 Å². The van der Waals surface area contributed by atoms with Crippen molar-refractivity contribution in [1.82, 2.24) is 0 Å². The van der Waals surface area contributed by atoms with Crippen molar-refractivity contribution < 1.29 is 14.3 Å². The molecule has 0 spiro atoms. The van der Waals surface area contributed by atoms with Crippen molar-refractivity contribution in [2.75, 3.05) is 0 Å². The molecule has 0 aliphatic heterocycles. The molecule has 0 heterocycles. The molecular formula is C14H19NO3. The average Bonchev–Trinajstić information content (AvgIpc) is 2.27. The van der Waals surface area contributed by atoms with E-state index in [-0.39, 0.29) is 5.92 Å². The van der Waals surface area contributed by atoms with Gasteiger partial charge < -0.3 is 15.3 Å². The fourth-order valence-corrected chi connectivity index (χ4v) is 2.03. The molecule has 0 saturated carbocycles. The number of benzene rings is 1. The minimum atomic E-state index is -0.815. The molecule has 0 saturated heterocycles. The molecular weight excluding hydrogens is 230 g/mol. The van der Waals surface area contributed by atoms with E-state index in [9.17, 15) is 9.59 Å². The van der Waals surface area contributed by atoms with Gasteiger partial charge in [-0.15, -0.1) is 0 Å². The summed E-state index contributed by atoms with van der Waals surface area (Å²) in [6.07, 6.45) is 1.17. The average molecular weight is 249 g/mol. The topological polar surface area (TPSA) is 69.4 Å². The zero-order chi connectivity index (χ0) is 13.6. The zero-order valence-corrected chi connectivity index (χ0v) is 10.8. The number of aldehydes is 1. The Morgan fingerprint density at radius 2 is 2.00 bits per heavy atom. The van der Waals surface area contributed by atoms with Gasteiger partial charge in [0, 0.05) is 5.92 Å². The van der Waals surface area contributed by atoms with Gasteiger partial charge in [-0.2, -0.15) is 0 Å². The van der Waals surface area contributed by atoms with Crippen molar-refractivity contribution in [2.45, 2.75) is 32.3 Å². The molecule has 1 rings (SSSR count). The molecule has 0 radical (unpaired) electrons. The molecule has 1 amide bonds. The van der Waals surface area contributed by atoms with Gasteiger partial charge in [0.25, 0.3) is 0 Å². The van der Waals surface area contributed by atoms with E-state index >= 15 is 0 Å². The van der Waals surface area contributed by atoms with Crippen LogP contribution in [0, 0.1) is 5.92 Å². The monoisotopic (exact) mass is 249 g/mol. The summed E-state index contributed by atoms with van der Waals surface area (Å²) < 4.78 is 4.99. The van der Waals surface area contributed by atoms with Crippen LogP contribution in [-0.4, -0.2) is 18.0 Å². The summed E-state index contributed by atoms with van der Waals surface area (Å²) in [7, 11) is 0. The molecule has 4 nitrogen and oxygen atoms in total. The first-order chi connectivity index (χ1) is 8.43. The minimum absolute atomic E-state index is 0.193. The van der Waals surface area contributed by atoms with Gasteiger partial charge in [-0.3, -0.25) is 0 Å². The molecule has 0 bridgehead atoms. The number of nitrogens with two attached hydrogens (primary N) is 1. The number of hydrogen-bond donors (Lipinski definition) is 1. The maximum atomic E-state index is 11.1. The van der Waals surface area contributed by atoms with E-state index in [2.05, 4.69) is 0 Å². The summed E-state index contributed by atoms with van der Waals surface area (Å²) in [5, 5.41) is 0. The van der Waals surface area contributed by atoms with Crippen molar-refractivity contribution >= 4 is 12.4 Å². The number of primary amides is 1. The second-order valence-electron chi connectivity index (χ2n) is 4.97. The van der Waals surface area contributed by atoms with Crippen molar-refractivity contribution in [3.8, 4) is 0 Å². The second-order valence-corrected chi connectivity index (χ2v) is 4.97. The third kappa shape index (κ3) is 4.99. The Morgan fingerprint density at radius 1 is 1.39 bits per heavy atom. The summed E-state index contributed by atoms with van der Waals surface area (Å²) in [5.41, 5.74) is 5.36. The van der Waals surface area contributed by atoms with Crippen molar-refractivity contribution in [3.63, 3.8) is 0 Å². The Morgan fingerprint density at radius 3 is 2.50 bits per heavy atom. The number of carbonyl (C=O) groups is 2. The van der Waals surface area contributed by atoms with E-state index in [1.54, 1.807) is 13.8 Å². The van der Waals surface area contributed by atoms with E-state index < -0.39 is 11.7 Å². The van der Waals surface area contributed by atoms with Crippen LogP contribution in [0.3, 0.4) is 0 Å². The lowest BCUT2D eigenvalue weighted by Crippen LogP contribution is -2.34. The van der Waals surface area contributed by atoms with E-state index in [1.807, 2.05) is 30.3 Å². The molecule has 1 aromatic rings. The molecule has 2 N–H and O–H groups in total. The van der Waals surface area contributed by atoms with Gasteiger partial charge in [0.2, 0.25) is 0 Å². The molecule has 18 heavy (non-hydrogen) atoms. The van der Waals surface area contributed by atoms with Crippen LogP contribution in [-0.2, 0) is 16.0 Å². The van der Waals surface area contributed by atoms with Gasteiger partial charge in [-0.1, -0.05) is 30.3 Å². The SMILES string of the molecule is CC(C)(C[C@H](C=O)Cc1ccccc1)OC(N)=O. The zero-order valence-electron chi connectivity index (χ0n) is 10.8. The number of rotatable bonds is 6. The third-order valence-electron chi connectivity index (χ3n) is 2.66. The predicted octanol–water partition coefficient (Wildman–Crippen LogP) is 2.31. The highest BCUT2D eigenvalue weighted by molar-refractivity contribution is 5.65. The molecule has 4 heteroatoms. The van der Waals surface area contributed by atoms with Gasteiger partial charge in [0.05, 0.1) is 0 Å². The molecule has 1 atom stereocenters. The van der Waals surface area contributed by atoms with Crippen LogP contribution in [0.2, 0.25) is 0 Å². The summed E-state index contributed by atoms with van der Waals surface area (Å²) in [5.74, 6) is -0.193. The van der Waals surface area contributed by atoms with Crippen LogP contribution in [0.25, 0.3) is 0 Å². The Balaban J connectivity index is 2.62. The van der Waals surface area contributed by atoms with E-state index in [4.69, 9.17) is 10.5 Å². The molecule has 0 aliphatic carbocycles. The van der Waals surface area contributed by atoms with Crippen LogP contribution in [0.15, 0.2) is 30.3 Å². The number of ether oxygens (including phenoxy) is 1. The van der Waals surface area contributed by atoms with Crippen LogP contribution in [0.1, 0.15) is 25.8 Å². The highest BCUT2D eigenvalue weighted by Crippen LogP contribution is 2.22. The van der Waals surface area contributed by atoms with Gasteiger partial charge >= 0.3 is 6.09 Å². The van der Waals surface area contributed by atoms with Crippen molar-refractivity contribution in [1.29, 1.82) is 0 Å². The van der Waals surface area contributed by atoms with Crippen LogP contribution in [0.5, 0.6) is 0 Å². The number of hydrogen-bond acceptors (Lipinski definition) is 3. The quantitative estimate of drug-likeness (QED) is 0.786. The highest BCUT2D eigenvalue weighted by Gasteiger charge is 2.26. The Bertz CT molecular complexity index is 401. The first kappa shape index (κ1) is 14.2. The summed E-state index contributed by atoms with van der Waals surface area (Å²) in [6, 6.07) is 9.74. The molecule has 98 valence electrons. The number of carbonyl (C=O) groups excluding carboxylic acids is 2. The highest BCUT2D eigenvalue weighted by atomic mass is 16.6. The smallest absolute Gasteiger partial charge is 0.405 e. The van der Waals surface area contributed by atoms with Gasteiger partial charge in [0.1, 0.15) is 11.9 Å². The standard InChI is InChI=1S/C14H19NO3/c1-14(2,18-13(15)17)9-12(10-16)8-11-6-4-3-5-7-11/h3-7,10,12H,8-9H2,1-2H3,(H2,15,17)/t12-/m1/s1. The molecule has 0 unspecified atom stereocenters. The Labute approximate surface area is 107 Å². The summed E-state index contributed by atoms with van der Waals surface area (Å²) in [6.45, 7) is 3.50. The van der Waals surface area contributed by atoms with Gasteiger partial charge in [-0.25, -0.2) is 4.79 Å². The normalized spacial score (nSPS) is 12.8. The fraction of sp³-hybridized carbons (Fsp3) is 0.429. The Hall–Kier alpha value is -1.84. The van der Waals surface area contributed by atoms with E-state index in [0.29, 0.717) is 12.8 Å². The maximum absolute atomic E-state index is 11.1. The largest absolute Gasteiger partial charge is 0.444 e. The van der Waals surface area contributed by atoms with Gasteiger partial charge in [-0.05, 0) is 32.3 Å². The molecule has 0 aromatic heterocycles. The van der Waals surface area contributed by atoms with Gasteiger partial charge in [0.15, 0.2) is 0 Å². The Kier molecular flexibility index (Phi) is 4.89. The van der Waals surface area contributed by atoms with Crippen LogP contribution >= 0.6 is 0 Å².